The lowest BCUT2D eigenvalue weighted by Gasteiger charge is -2.34. The first kappa shape index (κ1) is 15.3. The maximum atomic E-state index is 12.2. The molecule has 1 aromatic carbocycles. The highest BCUT2D eigenvalue weighted by Crippen LogP contribution is 2.31. The van der Waals surface area contributed by atoms with Gasteiger partial charge in [0.15, 0.2) is 0 Å². The lowest BCUT2D eigenvalue weighted by molar-refractivity contribution is -0.00182. The van der Waals surface area contributed by atoms with E-state index in [1.54, 1.807) is 18.2 Å². The van der Waals surface area contributed by atoms with E-state index in [1.807, 2.05) is 0 Å². The van der Waals surface area contributed by atoms with Crippen molar-refractivity contribution < 1.29 is 13.5 Å². The molecular formula is C14H22N2O3S. The van der Waals surface area contributed by atoms with E-state index >= 15 is 0 Å². The normalized spacial score (nSPS) is 27.4. The molecule has 0 amide bonds. The number of hydrogen-bond acceptors (Lipinski definition) is 4. The summed E-state index contributed by atoms with van der Waals surface area (Å²) >= 11 is 0. The Hall–Kier alpha value is -1.11. The number of sulfonamides is 1. The topological polar surface area (TPSA) is 92.4 Å². The highest BCUT2D eigenvalue weighted by atomic mass is 32.2. The second kappa shape index (κ2) is 5.71. The van der Waals surface area contributed by atoms with Gasteiger partial charge in [0.05, 0.1) is 11.3 Å². The van der Waals surface area contributed by atoms with Crippen molar-refractivity contribution in [2.24, 2.45) is 5.92 Å². The lowest BCUT2D eigenvalue weighted by Crippen LogP contribution is -2.45. The van der Waals surface area contributed by atoms with Crippen molar-refractivity contribution in [2.75, 3.05) is 12.3 Å². The number of aliphatic hydroxyl groups is 1. The third-order valence-corrected chi connectivity index (χ3v) is 5.48. The van der Waals surface area contributed by atoms with Crippen molar-refractivity contribution in [3.8, 4) is 0 Å². The largest absolute Gasteiger partial charge is 0.398 e. The molecule has 0 spiro atoms. The van der Waals surface area contributed by atoms with Gasteiger partial charge in [-0.3, -0.25) is 0 Å². The molecule has 1 aromatic rings. The van der Waals surface area contributed by atoms with E-state index < -0.39 is 15.6 Å². The fraction of sp³-hybridized carbons (Fsp3) is 0.571. The minimum Gasteiger partial charge on any atom is -0.398 e. The van der Waals surface area contributed by atoms with Gasteiger partial charge in [0.2, 0.25) is 10.0 Å². The van der Waals surface area contributed by atoms with Gasteiger partial charge in [0.25, 0.3) is 0 Å². The molecule has 112 valence electrons. The molecule has 1 aliphatic rings. The Morgan fingerprint density at radius 3 is 2.55 bits per heavy atom. The molecular weight excluding hydrogens is 276 g/mol. The number of hydrogen-bond donors (Lipinski definition) is 3. The molecule has 0 aliphatic heterocycles. The van der Waals surface area contributed by atoms with Crippen LogP contribution in [0.15, 0.2) is 29.2 Å². The van der Waals surface area contributed by atoms with Gasteiger partial charge in [-0.2, -0.15) is 0 Å². The molecule has 0 aromatic heterocycles. The number of nitrogens with two attached hydrogens (primary N) is 1. The average Bonchev–Trinajstić information content (AvgIpc) is 2.41. The van der Waals surface area contributed by atoms with Crippen LogP contribution >= 0.6 is 0 Å². The molecule has 4 N–H and O–H groups in total. The SMILES string of the molecule is CC1CCC(O)(CNS(=O)(=O)c2ccccc2N)CC1. The maximum Gasteiger partial charge on any atom is 0.242 e. The van der Waals surface area contributed by atoms with Crippen LogP contribution in [0.1, 0.15) is 32.6 Å². The summed E-state index contributed by atoms with van der Waals surface area (Å²) in [5.74, 6) is 0.594. The molecule has 0 heterocycles. The van der Waals surface area contributed by atoms with Crippen molar-refractivity contribution in [2.45, 2.75) is 43.1 Å². The van der Waals surface area contributed by atoms with Gasteiger partial charge >= 0.3 is 0 Å². The summed E-state index contributed by atoms with van der Waals surface area (Å²) in [7, 11) is -3.68. The number of anilines is 1. The Morgan fingerprint density at radius 1 is 1.35 bits per heavy atom. The summed E-state index contributed by atoms with van der Waals surface area (Å²) in [5, 5.41) is 10.4. The van der Waals surface area contributed by atoms with E-state index in [-0.39, 0.29) is 17.1 Å². The molecule has 0 bridgehead atoms. The summed E-state index contributed by atoms with van der Waals surface area (Å²) in [6.07, 6.45) is 3.10. The highest BCUT2D eigenvalue weighted by molar-refractivity contribution is 7.89. The molecule has 6 heteroatoms. The van der Waals surface area contributed by atoms with Crippen molar-refractivity contribution in [3.63, 3.8) is 0 Å². The zero-order valence-corrected chi connectivity index (χ0v) is 12.5. The summed E-state index contributed by atoms with van der Waals surface area (Å²) in [4.78, 5) is 0.0628. The van der Waals surface area contributed by atoms with E-state index in [1.165, 1.54) is 6.07 Å². The summed E-state index contributed by atoms with van der Waals surface area (Å²) in [6, 6.07) is 6.32. The minimum atomic E-state index is -3.68. The number of para-hydroxylation sites is 1. The van der Waals surface area contributed by atoms with Crippen molar-refractivity contribution in [1.82, 2.24) is 4.72 Å². The standard InChI is InChI=1S/C14H22N2O3S/c1-11-6-8-14(17,9-7-11)10-16-20(18,19)13-5-3-2-4-12(13)15/h2-5,11,16-17H,6-10,15H2,1H3. The van der Waals surface area contributed by atoms with Crippen LogP contribution in [0.25, 0.3) is 0 Å². The van der Waals surface area contributed by atoms with Crippen molar-refractivity contribution in [3.05, 3.63) is 24.3 Å². The van der Waals surface area contributed by atoms with Gasteiger partial charge in [-0.1, -0.05) is 19.1 Å². The van der Waals surface area contributed by atoms with E-state index in [2.05, 4.69) is 11.6 Å². The van der Waals surface area contributed by atoms with Crippen LogP contribution in [0.4, 0.5) is 5.69 Å². The minimum absolute atomic E-state index is 0.0381. The quantitative estimate of drug-likeness (QED) is 0.734. The summed E-state index contributed by atoms with van der Waals surface area (Å²) < 4.78 is 26.9. The molecule has 1 saturated carbocycles. The van der Waals surface area contributed by atoms with Crippen molar-refractivity contribution >= 4 is 15.7 Å². The molecule has 0 saturated heterocycles. The van der Waals surface area contributed by atoms with Gasteiger partial charge in [0, 0.05) is 6.54 Å². The molecule has 1 fully saturated rings. The van der Waals surface area contributed by atoms with E-state index in [0.29, 0.717) is 18.8 Å². The number of rotatable bonds is 4. The second-order valence-corrected chi connectivity index (χ2v) is 7.50. The fourth-order valence-corrected chi connectivity index (χ4v) is 3.76. The monoisotopic (exact) mass is 298 g/mol. The Bertz CT molecular complexity index is 564. The number of nitrogen functional groups attached to an aromatic ring is 1. The molecule has 5 nitrogen and oxygen atoms in total. The van der Waals surface area contributed by atoms with Gasteiger partial charge in [0.1, 0.15) is 4.90 Å². The fourth-order valence-electron chi connectivity index (χ4n) is 2.51. The van der Waals surface area contributed by atoms with Crippen LogP contribution in [-0.4, -0.2) is 25.7 Å². The van der Waals surface area contributed by atoms with Crippen molar-refractivity contribution in [1.29, 1.82) is 0 Å². The van der Waals surface area contributed by atoms with Crippen LogP contribution in [0, 0.1) is 5.92 Å². The van der Waals surface area contributed by atoms with E-state index in [9.17, 15) is 13.5 Å². The first-order chi connectivity index (χ1) is 9.32. The van der Waals surface area contributed by atoms with Crippen LogP contribution in [-0.2, 0) is 10.0 Å². The number of nitrogens with one attached hydrogen (secondary N) is 1. The van der Waals surface area contributed by atoms with Crippen LogP contribution in [0.3, 0.4) is 0 Å². The third-order valence-electron chi connectivity index (χ3n) is 4.00. The Labute approximate surface area is 120 Å². The first-order valence-electron chi connectivity index (χ1n) is 6.89. The van der Waals surface area contributed by atoms with Crippen LogP contribution in [0.5, 0.6) is 0 Å². The molecule has 0 unspecified atom stereocenters. The van der Waals surface area contributed by atoms with Crippen LogP contribution in [0.2, 0.25) is 0 Å². The van der Waals surface area contributed by atoms with Crippen LogP contribution < -0.4 is 10.5 Å². The predicted molar refractivity (Wildman–Crippen MR) is 78.6 cm³/mol. The molecule has 1 aliphatic carbocycles. The van der Waals surface area contributed by atoms with E-state index in [0.717, 1.165) is 12.8 Å². The van der Waals surface area contributed by atoms with Gasteiger partial charge in [-0.25, -0.2) is 13.1 Å². The zero-order chi connectivity index (χ0) is 14.8. The van der Waals surface area contributed by atoms with Gasteiger partial charge in [-0.05, 0) is 43.7 Å². The molecule has 0 atom stereocenters. The van der Waals surface area contributed by atoms with Gasteiger partial charge in [-0.15, -0.1) is 0 Å². The lowest BCUT2D eigenvalue weighted by atomic mass is 9.80. The smallest absolute Gasteiger partial charge is 0.242 e. The second-order valence-electron chi connectivity index (χ2n) is 5.77. The predicted octanol–water partition coefficient (Wildman–Crippen LogP) is 1.49. The van der Waals surface area contributed by atoms with Gasteiger partial charge < -0.3 is 10.8 Å². The van der Waals surface area contributed by atoms with E-state index in [4.69, 9.17) is 5.73 Å². The third kappa shape index (κ3) is 3.50. The summed E-state index contributed by atoms with van der Waals surface area (Å²) in [5.41, 5.74) is 4.96. The maximum absolute atomic E-state index is 12.2. The first-order valence-corrected chi connectivity index (χ1v) is 8.37. The molecule has 2 rings (SSSR count). The number of benzene rings is 1. The highest BCUT2D eigenvalue weighted by Gasteiger charge is 2.33. The Kier molecular flexibility index (Phi) is 4.36. The Morgan fingerprint density at radius 2 is 1.95 bits per heavy atom. The zero-order valence-electron chi connectivity index (χ0n) is 11.7. The molecule has 20 heavy (non-hydrogen) atoms. The average molecular weight is 298 g/mol. The Balaban J connectivity index is 2.05. The molecule has 0 radical (unpaired) electrons. The summed E-state index contributed by atoms with van der Waals surface area (Å²) in [6.45, 7) is 2.19.